The first-order chi connectivity index (χ1) is 14.0. The average molecular weight is 387 g/mol. The van der Waals surface area contributed by atoms with Crippen molar-refractivity contribution in [3.8, 4) is 11.4 Å². The second-order valence-corrected chi connectivity index (χ2v) is 6.88. The van der Waals surface area contributed by atoms with E-state index in [0.717, 1.165) is 28.2 Å². The molecule has 0 aliphatic heterocycles. The second kappa shape index (κ2) is 7.67. The molecule has 1 unspecified atom stereocenters. The fraction of sp³-hybridized carbons (Fsp3) is 0.190. The summed E-state index contributed by atoms with van der Waals surface area (Å²) in [4.78, 5) is 12.8. The Morgan fingerprint density at radius 2 is 1.90 bits per heavy atom. The van der Waals surface area contributed by atoms with Gasteiger partial charge in [-0.15, -0.1) is 5.10 Å². The van der Waals surface area contributed by atoms with Gasteiger partial charge in [0.1, 0.15) is 6.33 Å². The Hall–Kier alpha value is -3.81. The Bertz CT molecular complexity index is 1130. The number of tetrazole rings is 1. The van der Waals surface area contributed by atoms with Crippen LogP contribution in [0.25, 0.3) is 11.4 Å². The highest BCUT2D eigenvalue weighted by molar-refractivity contribution is 5.95. The number of carbonyl (C=O) groups excluding carboxylic acids is 1. The van der Waals surface area contributed by atoms with E-state index in [1.54, 1.807) is 16.9 Å². The monoisotopic (exact) mass is 387 g/mol. The summed E-state index contributed by atoms with van der Waals surface area (Å²) in [6.07, 6.45) is 3.33. The first-order valence-electron chi connectivity index (χ1n) is 9.29. The summed E-state index contributed by atoms with van der Waals surface area (Å²) in [6.45, 7) is 5.88. The zero-order chi connectivity index (χ0) is 20.4. The Morgan fingerprint density at radius 3 is 2.59 bits per heavy atom. The van der Waals surface area contributed by atoms with Crippen LogP contribution in [0.1, 0.15) is 40.1 Å². The van der Waals surface area contributed by atoms with Crippen LogP contribution in [0, 0.1) is 13.8 Å². The predicted octanol–water partition coefficient (Wildman–Crippen LogP) is 2.96. The maximum absolute atomic E-state index is 12.8. The molecular formula is C21H21N7O. The number of amides is 1. The standard InChI is InChI=1S/C21H21N7O/c1-14-11-17(9-10-20(14)27-13-22-25-26-27)21(29)24-15(2)19-12-23-28(16(19)3)18-7-5-4-6-8-18/h4-13,15H,1-3H3,(H,24,29). The van der Waals surface area contributed by atoms with Crippen LogP contribution < -0.4 is 5.32 Å². The van der Waals surface area contributed by atoms with E-state index in [2.05, 4.69) is 25.9 Å². The third-order valence-electron chi connectivity index (χ3n) is 4.92. The van der Waals surface area contributed by atoms with Gasteiger partial charge >= 0.3 is 0 Å². The molecule has 29 heavy (non-hydrogen) atoms. The Labute approximate surface area is 168 Å². The van der Waals surface area contributed by atoms with Crippen LogP contribution in [0.5, 0.6) is 0 Å². The van der Waals surface area contributed by atoms with Crippen LogP contribution in [-0.4, -0.2) is 35.9 Å². The number of benzene rings is 2. The van der Waals surface area contributed by atoms with Crippen molar-refractivity contribution in [3.05, 3.63) is 83.4 Å². The number of hydrogen-bond acceptors (Lipinski definition) is 5. The molecule has 0 aliphatic carbocycles. The number of rotatable bonds is 5. The quantitative estimate of drug-likeness (QED) is 0.569. The molecule has 0 saturated carbocycles. The average Bonchev–Trinajstić information content (AvgIpc) is 3.38. The minimum absolute atomic E-state index is 0.143. The van der Waals surface area contributed by atoms with Crippen LogP contribution in [0.2, 0.25) is 0 Å². The summed E-state index contributed by atoms with van der Waals surface area (Å²) in [5, 5.41) is 18.7. The topological polar surface area (TPSA) is 90.5 Å². The predicted molar refractivity (Wildman–Crippen MR) is 108 cm³/mol. The Morgan fingerprint density at radius 1 is 1.10 bits per heavy atom. The van der Waals surface area contributed by atoms with Crippen LogP contribution in [0.4, 0.5) is 0 Å². The molecule has 8 heteroatoms. The summed E-state index contributed by atoms with van der Waals surface area (Å²) in [5.74, 6) is -0.143. The zero-order valence-electron chi connectivity index (χ0n) is 16.4. The Kier molecular flexibility index (Phi) is 4.90. The molecule has 4 rings (SSSR count). The molecule has 8 nitrogen and oxygen atoms in total. The van der Waals surface area contributed by atoms with E-state index in [1.165, 1.54) is 6.33 Å². The number of hydrogen-bond donors (Lipinski definition) is 1. The highest BCUT2D eigenvalue weighted by atomic mass is 16.1. The van der Waals surface area contributed by atoms with E-state index < -0.39 is 0 Å². The van der Waals surface area contributed by atoms with Gasteiger partial charge in [-0.1, -0.05) is 18.2 Å². The molecule has 1 atom stereocenters. The maximum Gasteiger partial charge on any atom is 0.251 e. The van der Waals surface area contributed by atoms with Crippen molar-refractivity contribution in [1.82, 2.24) is 35.3 Å². The highest BCUT2D eigenvalue weighted by Gasteiger charge is 2.18. The van der Waals surface area contributed by atoms with Crippen molar-refractivity contribution >= 4 is 5.91 Å². The van der Waals surface area contributed by atoms with Gasteiger partial charge in [0.05, 0.1) is 23.6 Å². The number of carbonyl (C=O) groups is 1. The molecular weight excluding hydrogens is 366 g/mol. The molecule has 4 aromatic rings. The fourth-order valence-corrected chi connectivity index (χ4v) is 3.36. The normalized spacial score (nSPS) is 12.0. The maximum atomic E-state index is 12.8. The minimum atomic E-state index is -0.181. The van der Waals surface area contributed by atoms with Gasteiger partial charge in [-0.25, -0.2) is 9.36 Å². The smallest absolute Gasteiger partial charge is 0.251 e. The molecule has 146 valence electrons. The minimum Gasteiger partial charge on any atom is -0.345 e. The summed E-state index contributed by atoms with van der Waals surface area (Å²) in [6, 6.07) is 15.2. The number of aromatic nitrogens is 6. The molecule has 2 aromatic carbocycles. The summed E-state index contributed by atoms with van der Waals surface area (Å²) in [5.41, 5.74) is 5.28. The SMILES string of the molecule is Cc1cc(C(=O)NC(C)c2cnn(-c3ccccc3)c2C)ccc1-n1cnnn1. The summed E-state index contributed by atoms with van der Waals surface area (Å²) in [7, 11) is 0. The summed E-state index contributed by atoms with van der Waals surface area (Å²) < 4.78 is 3.45. The molecule has 2 aromatic heterocycles. The van der Waals surface area contributed by atoms with Crippen molar-refractivity contribution in [2.45, 2.75) is 26.8 Å². The molecule has 1 amide bonds. The van der Waals surface area contributed by atoms with Crippen molar-refractivity contribution in [2.24, 2.45) is 0 Å². The van der Waals surface area contributed by atoms with Gasteiger partial charge in [-0.05, 0) is 67.1 Å². The lowest BCUT2D eigenvalue weighted by Gasteiger charge is -2.15. The number of nitrogens with one attached hydrogen (secondary N) is 1. The van der Waals surface area contributed by atoms with E-state index in [0.29, 0.717) is 5.56 Å². The molecule has 0 bridgehead atoms. The van der Waals surface area contributed by atoms with Gasteiger partial charge in [0.2, 0.25) is 0 Å². The zero-order valence-corrected chi connectivity index (χ0v) is 16.4. The molecule has 0 radical (unpaired) electrons. The third kappa shape index (κ3) is 3.64. The second-order valence-electron chi connectivity index (χ2n) is 6.88. The van der Waals surface area contributed by atoms with E-state index in [9.17, 15) is 4.79 Å². The summed E-state index contributed by atoms with van der Waals surface area (Å²) >= 11 is 0. The van der Waals surface area contributed by atoms with Gasteiger partial charge in [0.15, 0.2) is 0 Å². The van der Waals surface area contributed by atoms with Gasteiger partial charge in [0.25, 0.3) is 5.91 Å². The lowest BCUT2D eigenvalue weighted by molar-refractivity contribution is 0.0939. The van der Waals surface area contributed by atoms with Crippen molar-refractivity contribution in [3.63, 3.8) is 0 Å². The molecule has 2 heterocycles. The van der Waals surface area contributed by atoms with E-state index in [4.69, 9.17) is 0 Å². The fourth-order valence-electron chi connectivity index (χ4n) is 3.36. The number of aryl methyl sites for hydroxylation is 1. The van der Waals surface area contributed by atoms with Gasteiger partial charge in [0, 0.05) is 16.8 Å². The molecule has 0 saturated heterocycles. The van der Waals surface area contributed by atoms with Crippen molar-refractivity contribution in [2.75, 3.05) is 0 Å². The number of para-hydroxylation sites is 1. The molecule has 1 N–H and O–H groups in total. The molecule has 0 spiro atoms. The molecule has 0 aliphatic rings. The van der Waals surface area contributed by atoms with Gasteiger partial charge in [-0.2, -0.15) is 5.10 Å². The van der Waals surface area contributed by atoms with E-state index >= 15 is 0 Å². The van der Waals surface area contributed by atoms with Crippen LogP contribution in [0.15, 0.2) is 61.1 Å². The van der Waals surface area contributed by atoms with Crippen molar-refractivity contribution < 1.29 is 4.79 Å². The van der Waals surface area contributed by atoms with E-state index in [1.807, 2.05) is 67.9 Å². The van der Waals surface area contributed by atoms with Crippen LogP contribution in [0.3, 0.4) is 0 Å². The molecule has 0 fully saturated rings. The van der Waals surface area contributed by atoms with Crippen LogP contribution in [-0.2, 0) is 0 Å². The lowest BCUT2D eigenvalue weighted by Crippen LogP contribution is -2.27. The van der Waals surface area contributed by atoms with Crippen LogP contribution >= 0.6 is 0 Å². The lowest BCUT2D eigenvalue weighted by atomic mass is 10.1. The third-order valence-corrected chi connectivity index (χ3v) is 4.92. The van der Waals surface area contributed by atoms with Crippen molar-refractivity contribution in [1.29, 1.82) is 0 Å². The number of nitrogens with zero attached hydrogens (tertiary/aromatic N) is 6. The Balaban J connectivity index is 1.52. The first-order valence-corrected chi connectivity index (χ1v) is 9.29. The van der Waals surface area contributed by atoms with E-state index in [-0.39, 0.29) is 11.9 Å². The largest absolute Gasteiger partial charge is 0.345 e. The first kappa shape index (κ1) is 18.5. The highest BCUT2D eigenvalue weighted by Crippen LogP contribution is 2.21. The van der Waals surface area contributed by atoms with Gasteiger partial charge < -0.3 is 5.32 Å². The van der Waals surface area contributed by atoms with Gasteiger partial charge in [-0.3, -0.25) is 4.79 Å².